The minimum absolute atomic E-state index is 0.0892. The number of rotatable bonds is 4. The van der Waals surface area contributed by atoms with E-state index in [0.29, 0.717) is 11.3 Å². The number of thiophene rings is 1. The molecule has 3 aromatic heterocycles. The number of hydrogen-bond acceptors (Lipinski definition) is 4. The first-order chi connectivity index (χ1) is 12.6. The Morgan fingerprint density at radius 2 is 1.96 bits per heavy atom. The third-order valence-corrected chi connectivity index (χ3v) is 5.15. The number of nitrogens with one attached hydrogen (secondary N) is 1. The lowest BCUT2D eigenvalue weighted by molar-refractivity contribution is 0.0935. The number of nitrogens with zero attached hydrogens (tertiary/aromatic N) is 3. The second-order valence-electron chi connectivity index (χ2n) is 6.17. The van der Waals surface area contributed by atoms with E-state index in [-0.39, 0.29) is 11.9 Å². The summed E-state index contributed by atoms with van der Waals surface area (Å²) in [6, 6.07) is 17.5. The zero-order valence-corrected chi connectivity index (χ0v) is 15.3. The van der Waals surface area contributed by atoms with Crippen molar-refractivity contribution in [3.8, 4) is 10.6 Å². The van der Waals surface area contributed by atoms with Crippen molar-refractivity contribution < 1.29 is 4.79 Å². The van der Waals surface area contributed by atoms with E-state index in [1.165, 1.54) is 0 Å². The molecule has 1 unspecified atom stereocenters. The highest BCUT2D eigenvalue weighted by molar-refractivity contribution is 7.13. The van der Waals surface area contributed by atoms with Crippen LogP contribution in [0.1, 0.15) is 34.7 Å². The van der Waals surface area contributed by atoms with Crippen molar-refractivity contribution in [2.24, 2.45) is 0 Å². The van der Waals surface area contributed by atoms with Crippen LogP contribution in [0.15, 0.2) is 60.0 Å². The van der Waals surface area contributed by atoms with Gasteiger partial charge in [0.2, 0.25) is 0 Å². The van der Waals surface area contributed by atoms with Crippen LogP contribution in [0.3, 0.4) is 0 Å². The van der Waals surface area contributed by atoms with Gasteiger partial charge in [0.25, 0.3) is 5.91 Å². The molecule has 0 radical (unpaired) electrons. The van der Waals surface area contributed by atoms with Crippen molar-refractivity contribution in [2.45, 2.75) is 19.9 Å². The Kier molecular flexibility index (Phi) is 4.26. The smallest absolute Gasteiger partial charge is 0.270 e. The molecule has 0 aliphatic heterocycles. The van der Waals surface area contributed by atoms with Crippen molar-refractivity contribution in [3.63, 3.8) is 0 Å². The Balaban J connectivity index is 1.63. The van der Waals surface area contributed by atoms with E-state index >= 15 is 0 Å². The van der Waals surface area contributed by atoms with Gasteiger partial charge in [-0.1, -0.05) is 36.4 Å². The molecule has 26 heavy (non-hydrogen) atoms. The van der Waals surface area contributed by atoms with Crippen LogP contribution in [0, 0.1) is 6.92 Å². The zero-order valence-electron chi connectivity index (χ0n) is 14.5. The van der Waals surface area contributed by atoms with Crippen LogP contribution < -0.4 is 5.32 Å². The van der Waals surface area contributed by atoms with E-state index in [4.69, 9.17) is 0 Å². The number of amides is 1. The Hall–Kier alpha value is -2.99. The van der Waals surface area contributed by atoms with Gasteiger partial charge in [-0.05, 0) is 36.9 Å². The largest absolute Gasteiger partial charge is 0.344 e. The number of carbonyl (C=O) groups is 1. The van der Waals surface area contributed by atoms with Gasteiger partial charge in [0, 0.05) is 11.8 Å². The summed E-state index contributed by atoms with van der Waals surface area (Å²) >= 11 is 1.63. The molecule has 0 saturated heterocycles. The molecule has 4 aromatic rings. The highest BCUT2D eigenvalue weighted by Crippen LogP contribution is 2.24. The highest BCUT2D eigenvalue weighted by atomic mass is 32.1. The molecule has 5 nitrogen and oxygen atoms in total. The summed E-state index contributed by atoms with van der Waals surface area (Å²) in [5.41, 5.74) is 3.87. The van der Waals surface area contributed by atoms with Gasteiger partial charge in [-0.15, -0.1) is 11.3 Å². The molecule has 0 spiro atoms. The molecule has 1 N–H and O–H groups in total. The molecular formula is C20H18N4OS. The lowest BCUT2D eigenvalue weighted by Gasteiger charge is -2.14. The molecule has 0 fully saturated rings. The molecular weight excluding hydrogens is 344 g/mol. The van der Waals surface area contributed by atoms with Crippen molar-refractivity contribution in [1.82, 2.24) is 19.9 Å². The molecule has 0 aliphatic rings. The minimum atomic E-state index is -0.189. The molecule has 0 aliphatic carbocycles. The monoisotopic (exact) mass is 362 g/mol. The number of benzene rings is 1. The SMILES string of the molecule is Cc1cc(C(=O)NC(C)c2ccccc2)nc2cc(-c3cccs3)nn12. The van der Waals surface area contributed by atoms with E-state index in [1.54, 1.807) is 21.9 Å². The maximum Gasteiger partial charge on any atom is 0.270 e. The number of fused-ring (bicyclic) bond motifs is 1. The van der Waals surface area contributed by atoms with Crippen LogP contribution >= 0.6 is 11.3 Å². The summed E-state index contributed by atoms with van der Waals surface area (Å²) in [6.07, 6.45) is 0. The number of aromatic nitrogens is 3. The molecule has 1 atom stereocenters. The summed E-state index contributed by atoms with van der Waals surface area (Å²) in [5, 5.41) is 9.62. The second kappa shape index (κ2) is 6.72. The van der Waals surface area contributed by atoms with E-state index in [2.05, 4.69) is 15.4 Å². The lowest BCUT2D eigenvalue weighted by atomic mass is 10.1. The van der Waals surface area contributed by atoms with Crippen molar-refractivity contribution in [2.75, 3.05) is 0 Å². The van der Waals surface area contributed by atoms with Crippen LogP contribution in [-0.4, -0.2) is 20.5 Å². The lowest BCUT2D eigenvalue weighted by Crippen LogP contribution is -2.27. The molecule has 6 heteroatoms. The van der Waals surface area contributed by atoms with Gasteiger partial charge in [0.05, 0.1) is 10.9 Å². The van der Waals surface area contributed by atoms with Gasteiger partial charge in [0.1, 0.15) is 11.4 Å². The van der Waals surface area contributed by atoms with Gasteiger partial charge < -0.3 is 5.32 Å². The van der Waals surface area contributed by atoms with Crippen molar-refractivity contribution in [3.05, 3.63) is 76.9 Å². The quantitative estimate of drug-likeness (QED) is 0.590. The molecule has 1 aromatic carbocycles. The summed E-state index contributed by atoms with van der Waals surface area (Å²) in [6.45, 7) is 3.89. The zero-order chi connectivity index (χ0) is 18.1. The Morgan fingerprint density at radius 3 is 2.69 bits per heavy atom. The molecule has 4 rings (SSSR count). The van der Waals surface area contributed by atoms with Crippen LogP contribution in [-0.2, 0) is 0 Å². The van der Waals surface area contributed by atoms with Crippen LogP contribution in [0.2, 0.25) is 0 Å². The Morgan fingerprint density at radius 1 is 1.15 bits per heavy atom. The summed E-state index contributed by atoms with van der Waals surface area (Å²) < 4.78 is 1.77. The maximum absolute atomic E-state index is 12.7. The van der Waals surface area contributed by atoms with Crippen LogP contribution in [0.4, 0.5) is 0 Å². The predicted octanol–water partition coefficient (Wildman–Crippen LogP) is 4.26. The Labute approximate surface area is 155 Å². The first-order valence-electron chi connectivity index (χ1n) is 8.39. The molecule has 130 valence electrons. The third-order valence-electron chi connectivity index (χ3n) is 4.26. The van der Waals surface area contributed by atoms with Crippen molar-refractivity contribution in [1.29, 1.82) is 0 Å². The van der Waals surface area contributed by atoms with Gasteiger partial charge >= 0.3 is 0 Å². The normalized spacial score (nSPS) is 12.2. The van der Waals surface area contributed by atoms with Gasteiger partial charge in [-0.3, -0.25) is 4.79 Å². The topological polar surface area (TPSA) is 59.3 Å². The average molecular weight is 362 g/mol. The van der Waals surface area contributed by atoms with Gasteiger partial charge in [-0.25, -0.2) is 9.50 Å². The van der Waals surface area contributed by atoms with Gasteiger partial charge in [0.15, 0.2) is 5.65 Å². The maximum atomic E-state index is 12.7. The minimum Gasteiger partial charge on any atom is -0.344 e. The van der Waals surface area contributed by atoms with Crippen molar-refractivity contribution >= 4 is 22.9 Å². The van der Waals surface area contributed by atoms with E-state index in [1.807, 2.05) is 67.8 Å². The summed E-state index contributed by atoms with van der Waals surface area (Å²) in [4.78, 5) is 18.2. The number of carbonyl (C=O) groups excluding carboxylic acids is 1. The molecule has 3 heterocycles. The highest BCUT2D eigenvalue weighted by Gasteiger charge is 2.16. The predicted molar refractivity (Wildman–Crippen MR) is 103 cm³/mol. The summed E-state index contributed by atoms with van der Waals surface area (Å²) in [7, 11) is 0. The van der Waals surface area contributed by atoms with Crippen LogP contribution in [0.5, 0.6) is 0 Å². The standard InChI is InChI=1S/C20H18N4OS/c1-13-11-17(20(25)21-14(2)15-7-4-3-5-8-15)22-19-12-16(23-24(13)19)18-9-6-10-26-18/h3-12,14H,1-2H3,(H,21,25). The third kappa shape index (κ3) is 3.11. The fourth-order valence-electron chi connectivity index (χ4n) is 2.88. The van der Waals surface area contributed by atoms with Gasteiger partial charge in [-0.2, -0.15) is 5.10 Å². The molecule has 0 saturated carbocycles. The van der Waals surface area contributed by atoms with Crippen LogP contribution in [0.25, 0.3) is 16.2 Å². The fourth-order valence-corrected chi connectivity index (χ4v) is 3.56. The molecule has 1 amide bonds. The number of hydrogen-bond donors (Lipinski definition) is 1. The second-order valence-corrected chi connectivity index (χ2v) is 7.11. The fraction of sp³-hybridized carbons (Fsp3) is 0.150. The van der Waals surface area contributed by atoms with E-state index in [9.17, 15) is 4.79 Å². The molecule has 0 bridgehead atoms. The van der Waals surface area contributed by atoms with E-state index < -0.39 is 0 Å². The first kappa shape index (κ1) is 16.5. The average Bonchev–Trinajstić information content (AvgIpc) is 3.31. The van der Waals surface area contributed by atoms with E-state index in [0.717, 1.165) is 21.8 Å². The number of aryl methyl sites for hydroxylation is 1. The first-order valence-corrected chi connectivity index (χ1v) is 9.27. The Bertz CT molecular complexity index is 1050. The summed E-state index contributed by atoms with van der Waals surface area (Å²) in [5.74, 6) is -0.189.